The summed E-state index contributed by atoms with van der Waals surface area (Å²) in [6.45, 7) is 0. The van der Waals surface area contributed by atoms with Gasteiger partial charge >= 0.3 is 6.18 Å². The average Bonchev–Trinajstić information content (AvgIpc) is 3.03. The van der Waals surface area contributed by atoms with Crippen LogP contribution in [0.15, 0.2) is 45.1 Å². The Labute approximate surface area is 189 Å². The number of halogens is 8. The summed E-state index contributed by atoms with van der Waals surface area (Å²) in [7, 11) is -4.59. The molecule has 0 aliphatic rings. The maximum atomic E-state index is 14.1. The minimum atomic E-state index is -4.69. The topological polar surface area (TPSA) is 46.2 Å². The molecule has 2 aromatic carbocycles. The molecule has 0 bridgehead atoms. The van der Waals surface area contributed by atoms with Gasteiger partial charge in [-0.3, -0.25) is 4.72 Å². The van der Waals surface area contributed by atoms with Crippen LogP contribution in [0.4, 0.5) is 27.6 Å². The smallest absolute Gasteiger partial charge is 0.278 e. The maximum absolute atomic E-state index is 14.1. The molecule has 3 rings (SSSR count). The molecule has 0 aliphatic carbocycles. The Balaban J connectivity index is 2.06. The Hall–Kier alpha value is -1.40. The van der Waals surface area contributed by atoms with Crippen molar-refractivity contribution in [2.24, 2.45) is 0 Å². The van der Waals surface area contributed by atoms with Crippen molar-refractivity contribution >= 4 is 66.2 Å². The van der Waals surface area contributed by atoms with Gasteiger partial charge in [0.05, 0.1) is 30.6 Å². The van der Waals surface area contributed by atoms with Crippen LogP contribution in [0.3, 0.4) is 0 Å². The predicted octanol–water partition coefficient (Wildman–Crippen LogP) is 7.58. The summed E-state index contributed by atoms with van der Waals surface area (Å²) >= 11 is 15.7. The fourth-order valence-corrected chi connectivity index (χ4v) is 5.68. The van der Waals surface area contributed by atoms with Gasteiger partial charge < -0.3 is 0 Å². The summed E-state index contributed by atoms with van der Waals surface area (Å²) in [6.07, 6.45) is -4.69. The molecule has 0 saturated carbocycles. The van der Waals surface area contributed by atoms with Gasteiger partial charge in [0.2, 0.25) is 0 Å². The summed E-state index contributed by atoms with van der Waals surface area (Å²) < 4.78 is 93.6. The second-order valence-electron chi connectivity index (χ2n) is 5.78. The minimum absolute atomic E-state index is 0.0403. The third kappa shape index (κ3) is 4.59. The number of nitrogens with one attached hydrogen (secondary N) is 1. The van der Waals surface area contributed by atoms with E-state index in [1.54, 1.807) is 0 Å². The first-order chi connectivity index (χ1) is 13.8. The number of rotatable bonds is 4. The highest BCUT2D eigenvalue weighted by Crippen LogP contribution is 2.45. The molecule has 0 unspecified atom stereocenters. The number of hydrogen-bond acceptors (Lipinski definition) is 3. The van der Waals surface area contributed by atoms with Gasteiger partial charge in [-0.15, -0.1) is 11.3 Å². The maximum Gasteiger partial charge on any atom is 0.416 e. The van der Waals surface area contributed by atoms with Crippen molar-refractivity contribution in [1.82, 2.24) is 0 Å². The third-order valence-corrected chi connectivity index (χ3v) is 7.29. The van der Waals surface area contributed by atoms with Crippen LogP contribution < -0.4 is 4.72 Å². The highest BCUT2D eigenvalue weighted by Gasteiger charge is 2.33. The Morgan fingerprint density at radius 2 is 1.60 bits per heavy atom. The number of benzene rings is 2. The van der Waals surface area contributed by atoms with Crippen LogP contribution in [0.1, 0.15) is 5.56 Å². The van der Waals surface area contributed by atoms with Crippen LogP contribution in [0.5, 0.6) is 0 Å². The molecule has 30 heavy (non-hydrogen) atoms. The molecule has 3 nitrogen and oxygen atoms in total. The van der Waals surface area contributed by atoms with Crippen LogP contribution in [-0.2, 0) is 16.2 Å². The first kappa shape index (κ1) is 23.3. The van der Waals surface area contributed by atoms with Gasteiger partial charge in [-0.2, -0.15) is 13.2 Å². The Bertz CT molecular complexity index is 1220. The van der Waals surface area contributed by atoms with Crippen molar-refractivity contribution in [2.45, 2.75) is 11.1 Å². The minimum Gasteiger partial charge on any atom is -0.278 e. The number of anilines is 1. The highest BCUT2D eigenvalue weighted by atomic mass is 79.9. The van der Waals surface area contributed by atoms with Gasteiger partial charge in [-0.25, -0.2) is 17.2 Å². The van der Waals surface area contributed by atoms with E-state index < -0.39 is 38.3 Å². The molecular weight excluding hydrogens is 560 g/mol. The van der Waals surface area contributed by atoms with Crippen molar-refractivity contribution in [3.05, 3.63) is 67.4 Å². The lowest BCUT2D eigenvalue weighted by Gasteiger charge is -2.14. The average molecular weight is 567 g/mol. The van der Waals surface area contributed by atoms with Crippen molar-refractivity contribution in [2.75, 3.05) is 4.72 Å². The molecule has 1 N–H and O–H groups in total. The fraction of sp³-hybridized carbons (Fsp3) is 0.0588. The molecule has 0 saturated heterocycles. The van der Waals surface area contributed by atoms with Gasteiger partial charge in [0, 0.05) is 5.56 Å². The second-order valence-corrected chi connectivity index (χ2v) is 10.0. The Kier molecular flexibility index (Phi) is 6.41. The lowest BCUT2D eigenvalue weighted by atomic mass is 10.1. The molecular formula is C17H7BrCl2F5NO2S2. The van der Waals surface area contributed by atoms with E-state index in [-0.39, 0.29) is 30.6 Å². The molecule has 1 aromatic heterocycles. The molecule has 0 radical (unpaired) electrons. The summed E-state index contributed by atoms with van der Waals surface area (Å²) in [5, 5.41) is 0.702. The van der Waals surface area contributed by atoms with Crippen LogP contribution in [0.2, 0.25) is 10.0 Å². The van der Waals surface area contributed by atoms with E-state index in [1.807, 2.05) is 0 Å². The lowest BCUT2D eigenvalue weighted by molar-refractivity contribution is -0.137. The van der Waals surface area contributed by atoms with E-state index in [0.29, 0.717) is 24.3 Å². The summed E-state index contributed by atoms with van der Waals surface area (Å²) in [4.78, 5) is -0.856. The van der Waals surface area contributed by atoms with Crippen LogP contribution in [0.25, 0.3) is 10.4 Å². The van der Waals surface area contributed by atoms with E-state index in [1.165, 1.54) is 11.4 Å². The number of hydrogen-bond donors (Lipinski definition) is 1. The molecule has 3 aromatic rings. The van der Waals surface area contributed by atoms with Crippen LogP contribution >= 0.6 is 50.5 Å². The lowest BCUT2D eigenvalue weighted by Crippen LogP contribution is -2.15. The molecule has 0 atom stereocenters. The summed E-state index contributed by atoms with van der Waals surface area (Å²) in [6, 6.07) is 3.75. The normalized spacial score (nSPS) is 12.3. The van der Waals surface area contributed by atoms with Crippen LogP contribution in [0, 0.1) is 11.6 Å². The molecule has 0 fully saturated rings. The van der Waals surface area contributed by atoms with Crippen molar-refractivity contribution in [3.63, 3.8) is 0 Å². The van der Waals surface area contributed by atoms with Gasteiger partial charge in [0.25, 0.3) is 10.0 Å². The van der Waals surface area contributed by atoms with Crippen molar-refractivity contribution in [3.8, 4) is 10.4 Å². The molecule has 0 spiro atoms. The second kappa shape index (κ2) is 8.27. The predicted molar refractivity (Wildman–Crippen MR) is 110 cm³/mol. The monoisotopic (exact) mass is 565 g/mol. The first-order valence-electron chi connectivity index (χ1n) is 7.62. The molecule has 160 valence electrons. The van der Waals surface area contributed by atoms with E-state index in [4.69, 9.17) is 23.2 Å². The fourth-order valence-electron chi connectivity index (χ4n) is 2.45. The Morgan fingerprint density at radius 1 is 1.00 bits per heavy atom. The van der Waals surface area contributed by atoms with Gasteiger partial charge in [-0.05, 0) is 51.6 Å². The number of thiophene rings is 1. The third-order valence-electron chi connectivity index (χ3n) is 3.77. The SMILES string of the molecule is O=S(=O)(Nc1ccsc1-c1c(Cl)cc(C(F)(F)F)cc1Cl)c1cc(F)c(Br)cc1F. The molecule has 1 heterocycles. The zero-order valence-electron chi connectivity index (χ0n) is 14.1. The highest BCUT2D eigenvalue weighted by molar-refractivity contribution is 9.10. The van der Waals surface area contributed by atoms with Crippen molar-refractivity contribution in [1.29, 1.82) is 0 Å². The quantitative estimate of drug-likeness (QED) is 0.261. The standard InChI is InChI=1S/C17H7BrCl2F5NO2S2/c18-8-5-12(22)14(6-11(8)21)30(27,28)26-13-1-2-29-16(13)15-9(19)3-7(4-10(15)20)17(23,24)25/h1-6,26H. The molecule has 0 amide bonds. The van der Waals surface area contributed by atoms with Gasteiger partial charge in [0.15, 0.2) is 0 Å². The first-order valence-corrected chi connectivity index (χ1v) is 11.5. The van der Waals surface area contributed by atoms with E-state index in [0.717, 1.165) is 11.3 Å². The van der Waals surface area contributed by atoms with Crippen LogP contribution in [-0.4, -0.2) is 8.42 Å². The molecule has 13 heteroatoms. The zero-order valence-corrected chi connectivity index (χ0v) is 18.9. The van der Waals surface area contributed by atoms with Crippen molar-refractivity contribution < 1.29 is 30.4 Å². The zero-order chi connectivity index (χ0) is 22.4. The van der Waals surface area contributed by atoms with E-state index in [2.05, 4.69) is 20.7 Å². The number of sulfonamides is 1. The van der Waals surface area contributed by atoms with Gasteiger partial charge in [-0.1, -0.05) is 23.2 Å². The summed E-state index contributed by atoms with van der Waals surface area (Å²) in [5.74, 6) is -2.21. The number of alkyl halides is 3. The van der Waals surface area contributed by atoms with E-state index >= 15 is 0 Å². The summed E-state index contributed by atoms with van der Waals surface area (Å²) in [5.41, 5.74) is -1.24. The van der Waals surface area contributed by atoms with E-state index in [9.17, 15) is 30.4 Å². The van der Waals surface area contributed by atoms with Gasteiger partial charge in [0.1, 0.15) is 16.5 Å². The molecule has 0 aliphatic heterocycles. The largest absolute Gasteiger partial charge is 0.416 e. The Morgan fingerprint density at radius 3 is 2.17 bits per heavy atom.